The molecule has 2 amide bonds. The van der Waals surface area contributed by atoms with E-state index in [4.69, 9.17) is 4.74 Å². The molecule has 3 aromatic rings. The van der Waals surface area contributed by atoms with Crippen molar-refractivity contribution < 1.29 is 14.3 Å². The first-order valence-corrected chi connectivity index (χ1v) is 14.8. The van der Waals surface area contributed by atoms with E-state index in [1.54, 1.807) is 10.6 Å². The molecule has 2 aliphatic rings. The van der Waals surface area contributed by atoms with Crippen LogP contribution in [-0.2, 0) is 11.3 Å². The SMILES string of the molecule is CC(C)NC(=O)COc1cccc(Cn2c(C(=O)N3CCNCC3)c(-c3ccccc3)n(C3CCCCC3)c2=O)c1. The predicted molar refractivity (Wildman–Crippen MR) is 159 cm³/mol. The lowest BCUT2D eigenvalue weighted by molar-refractivity contribution is -0.123. The Morgan fingerprint density at radius 2 is 1.73 bits per heavy atom. The smallest absolute Gasteiger partial charge is 0.329 e. The lowest BCUT2D eigenvalue weighted by atomic mass is 9.94. The standard InChI is InChI=1S/C32H41N5O4/c1-23(2)34-28(38)22-41-27-15-9-10-24(20-27)21-36-30(31(39)35-18-16-33-17-19-35)29(25-11-5-3-6-12-25)37(32(36)40)26-13-7-4-8-14-26/h3,5-6,9-12,15,20,23,26,33H,4,7-8,13-14,16-19,21-22H2,1-2H3,(H,34,38). The average Bonchev–Trinajstić information content (AvgIpc) is 3.28. The number of amides is 2. The number of nitrogens with zero attached hydrogens (tertiary/aromatic N) is 3. The van der Waals surface area contributed by atoms with Gasteiger partial charge in [0, 0.05) is 43.8 Å². The van der Waals surface area contributed by atoms with Gasteiger partial charge in [-0.15, -0.1) is 0 Å². The van der Waals surface area contributed by atoms with Crippen LogP contribution in [-0.4, -0.2) is 64.7 Å². The van der Waals surface area contributed by atoms with Crippen LogP contribution in [0.2, 0.25) is 0 Å². The average molecular weight is 560 g/mol. The third-order valence-corrected chi connectivity index (χ3v) is 7.82. The molecule has 41 heavy (non-hydrogen) atoms. The van der Waals surface area contributed by atoms with Crippen LogP contribution in [0.25, 0.3) is 11.3 Å². The van der Waals surface area contributed by atoms with Gasteiger partial charge in [0.1, 0.15) is 11.4 Å². The summed E-state index contributed by atoms with van der Waals surface area (Å²) >= 11 is 0. The van der Waals surface area contributed by atoms with Crippen molar-refractivity contribution in [1.29, 1.82) is 0 Å². The highest BCUT2D eigenvalue weighted by molar-refractivity contribution is 5.99. The molecular weight excluding hydrogens is 518 g/mol. The number of benzene rings is 2. The summed E-state index contributed by atoms with van der Waals surface area (Å²) in [5, 5.41) is 6.14. The van der Waals surface area contributed by atoms with Gasteiger partial charge in [0.2, 0.25) is 0 Å². The Morgan fingerprint density at radius 1 is 1.00 bits per heavy atom. The Labute approximate surface area is 241 Å². The molecular formula is C32H41N5O4. The summed E-state index contributed by atoms with van der Waals surface area (Å²) in [6.07, 6.45) is 5.16. The van der Waals surface area contributed by atoms with Crippen molar-refractivity contribution in [2.75, 3.05) is 32.8 Å². The van der Waals surface area contributed by atoms with Gasteiger partial charge in [0.15, 0.2) is 6.61 Å². The molecule has 0 bridgehead atoms. The molecule has 9 nitrogen and oxygen atoms in total. The number of hydrogen-bond acceptors (Lipinski definition) is 5. The summed E-state index contributed by atoms with van der Waals surface area (Å²) in [6.45, 7) is 6.57. The van der Waals surface area contributed by atoms with Gasteiger partial charge >= 0.3 is 5.69 Å². The summed E-state index contributed by atoms with van der Waals surface area (Å²) in [5.74, 6) is 0.233. The quantitative estimate of drug-likeness (QED) is 0.416. The largest absolute Gasteiger partial charge is 0.484 e. The zero-order valence-corrected chi connectivity index (χ0v) is 24.1. The fourth-order valence-electron chi connectivity index (χ4n) is 5.92. The van der Waals surface area contributed by atoms with Crippen LogP contribution in [0.4, 0.5) is 0 Å². The first-order valence-electron chi connectivity index (χ1n) is 14.8. The topological polar surface area (TPSA) is 97.6 Å². The van der Waals surface area contributed by atoms with E-state index in [1.165, 1.54) is 6.42 Å². The normalized spacial score (nSPS) is 16.1. The van der Waals surface area contributed by atoms with Gasteiger partial charge < -0.3 is 20.3 Å². The van der Waals surface area contributed by atoms with Crippen molar-refractivity contribution in [3.63, 3.8) is 0 Å². The molecule has 0 spiro atoms. The minimum atomic E-state index is -0.192. The summed E-state index contributed by atoms with van der Waals surface area (Å²) in [7, 11) is 0. The maximum absolute atomic E-state index is 14.3. The molecule has 0 unspecified atom stereocenters. The number of nitrogens with one attached hydrogen (secondary N) is 2. The minimum absolute atomic E-state index is 0.0305. The lowest BCUT2D eigenvalue weighted by Crippen LogP contribution is -2.47. The maximum Gasteiger partial charge on any atom is 0.329 e. The lowest BCUT2D eigenvalue weighted by Gasteiger charge is -2.28. The molecule has 1 saturated carbocycles. The molecule has 2 N–H and O–H groups in total. The van der Waals surface area contributed by atoms with E-state index in [1.807, 2.05) is 71.8 Å². The number of carbonyl (C=O) groups is 2. The summed E-state index contributed by atoms with van der Waals surface area (Å²) in [4.78, 5) is 42.5. The van der Waals surface area contributed by atoms with Gasteiger partial charge in [-0.2, -0.15) is 0 Å². The van der Waals surface area contributed by atoms with Crippen LogP contribution in [0, 0.1) is 0 Å². The number of hydrogen-bond donors (Lipinski definition) is 2. The van der Waals surface area contributed by atoms with Gasteiger partial charge in [0.05, 0.1) is 12.2 Å². The molecule has 1 aliphatic carbocycles. The van der Waals surface area contributed by atoms with Crippen molar-refractivity contribution in [2.45, 2.75) is 64.6 Å². The van der Waals surface area contributed by atoms with E-state index in [9.17, 15) is 14.4 Å². The first kappa shape index (κ1) is 28.7. The fraction of sp³-hybridized carbons (Fsp3) is 0.469. The Balaban J connectivity index is 1.57. The van der Waals surface area contributed by atoms with Crippen molar-refractivity contribution >= 4 is 11.8 Å². The molecule has 2 heterocycles. The van der Waals surface area contributed by atoms with Gasteiger partial charge in [0.25, 0.3) is 11.8 Å². The molecule has 2 aromatic carbocycles. The summed E-state index contributed by atoms with van der Waals surface area (Å²) in [5.41, 5.74) is 2.70. The molecule has 5 rings (SSSR count). The molecule has 1 aromatic heterocycles. The van der Waals surface area contributed by atoms with Gasteiger partial charge in [-0.1, -0.05) is 61.7 Å². The van der Waals surface area contributed by atoms with Gasteiger partial charge in [-0.05, 0) is 44.4 Å². The monoisotopic (exact) mass is 559 g/mol. The zero-order valence-electron chi connectivity index (χ0n) is 24.1. The van der Waals surface area contributed by atoms with E-state index in [-0.39, 0.29) is 42.7 Å². The van der Waals surface area contributed by atoms with E-state index in [0.717, 1.165) is 49.9 Å². The van der Waals surface area contributed by atoms with Crippen LogP contribution in [0.1, 0.15) is 68.0 Å². The highest BCUT2D eigenvalue weighted by Gasteiger charge is 2.33. The molecule has 1 aliphatic heterocycles. The van der Waals surface area contributed by atoms with Crippen LogP contribution in [0.3, 0.4) is 0 Å². The second kappa shape index (κ2) is 13.2. The third-order valence-electron chi connectivity index (χ3n) is 7.82. The second-order valence-electron chi connectivity index (χ2n) is 11.3. The summed E-state index contributed by atoms with van der Waals surface area (Å²) in [6, 6.07) is 17.3. The van der Waals surface area contributed by atoms with Crippen LogP contribution in [0.5, 0.6) is 5.75 Å². The van der Waals surface area contributed by atoms with E-state index < -0.39 is 0 Å². The first-order chi connectivity index (χ1) is 19.9. The highest BCUT2D eigenvalue weighted by Crippen LogP contribution is 2.34. The molecule has 0 radical (unpaired) electrons. The Morgan fingerprint density at radius 3 is 2.44 bits per heavy atom. The van der Waals surface area contributed by atoms with Gasteiger partial charge in [-0.25, -0.2) is 4.79 Å². The Bertz CT molecular complexity index is 1400. The van der Waals surface area contributed by atoms with E-state index in [0.29, 0.717) is 30.2 Å². The molecule has 9 heteroatoms. The fourth-order valence-corrected chi connectivity index (χ4v) is 5.92. The van der Waals surface area contributed by atoms with E-state index in [2.05, 4.69) is 10.6 Å². The van der Waals surface area contributed by atoms with Crippen molar-refractivity contribution in [3.8, 4) is 17.0 Å². The molecule has 2 fully saturated rings. The Kier molecular flexibility index (Phi) is 9.24. The van der Waals surface area contributed by atoms with Crippen molar-refractivity contribution in [2.24, 2.45) is 0 Å². The zero-order chi connectivity index (χ0) is 28.8. The van der Waals surface area contributed by atoms with Crippen LogP contribution in [0.15, 0.2) is 59.4 Å². The minimum Gasteiger partial charge on any atom is -0.484 e. The van der Waals surface area contributed by atoms with E-state index >= 15 is 0 Å². The summed E-state index contributed by atoms with van der Waals surface area (Å²) < 4.78 is 9.32. The number of imidazole rings is 1. The van der Waals surface area contributed by atoms with Gasteiger partial charge in [-0.3, -0.25) is 18.7 Å². The Hall–Kier alpha value is -3.85. The second-order valence-corrected chi connectivity index (χ2v) is 11.3. The molecule has 0 atom stereocenters. The van der Waals surface area contributed by atoms with Crippen molar-refractivity contribution in [3.05, 3.63) is 76.3 Å². The number of aromatic nitrogens is 2. The van der Waals surface area contributed by atoms with Crippen molar-refractivity contribution in [1.82, 2.24) is 24.7 Å². The predicted octanol–water partition coefficient (Wildman–Crippen LogP) is 3.82. The number of piperazine rings is 1. The third kappa shape index (κ3) is 6.73. The highest BCUT2D eigenvalue weighted by atomic mass is 16.5. The number of rotatable bonds is 9. The molecule has 1 saturated heterocycles. The molecule has 218 valence electrons. The van der Waals surface area contributed by atoms with Crippen LogP contribution >= 0.6 is 0 Å². The maximum atomic E-state index is 14.3. The number of ether oxygens (including phenoxy) is 1. The number of carbonyl (C=O) groups excluding carboxylic acids is 2. The van der Waals surface area contributed by atoms with Crippen LogP contribution < -0.4 is 21.1 Å².